The summed E-state index contributed by atoms with van der Waals surface area (Å²) in [4.78, 5) is 38.1. The Hall–Kier alpha value is -2.19. The fourth-order valence-corrected chi connectivity index (χ4v) is 3.17. The molecule has 0 radical (unpaired) electrons. The Morgan fingerprint density at radius 1 is 1.36 bits per heavy atom. The average Bonchev–Trinajstić information content (AvgIpc) is 2.97. The highest BCUT2D eigenvalue weighted by Gasteiger charge is 2.53. The number of carbonyl (C=O) groups excluding carboxylic acids is 3. The van der Waals surface area contributed by atoms with Gasteiger partial charge in [0, 0.05) is 15.7 Å². The van der Waals surface area contributed by atoms with Gasteiger partial charge in [0.1, 0.15) is 5.60 Å². The third-order valence-corrected chi connectivity index (χ3v) is 4.40. The van der Waals surface area contributed by atoms with Crippen molar-refractivity contribution in [2.75, 3.05) is 11.9 Å². The summed E-state index contributed by atoms with van der Waals surface area (Å²) in [6.45, 7) is 4.99. The van der Waals surface area contributed by atoms with Crippen LogP contribution in [0.4, 0.5) is 10.5 Å². The van der Waals surface area contributed by atoms with Crippen LogP contribution in [0.5, 0.6) is 0 Å². The molecule has 0 bridgehead atoms. The van der Waals surface area contributed by atoms with Crippen LogP contribution in [0.25, 0.3) is 0 Å². The Kier molecular flexibility index (Phi) is 4.00. The Balaban J connectivity index is 1.92. The molecule has 0 aliphatic carbocycles. The molecule has 8 heteroatoms. The van der Waals surface area contributed by atoms with E-state index in [0.717, 1.165) is 9.37 Å². The number of halogens is 1. The molecule has 2 aliphatic rings. The van der Waals surface area contributed by atoms with Crippen molar-refractivity contribution in [2.45, 2.75) is 32.0 Å². The van der Waals surface area contributed by atoms with Crippen LogP contribution >= 0.6 is 15.9 Å². The van der Waals surface area contributed by atoms with Crippen LogP contribution in [-0.4, -0.2) is 40.1 Å². The predicted octanol–water partition coefficient (Wildman–Crippen LogP) is 2.29. The number of carbonyl (C=O) groups is 3. The maximum Gasteiger partial charge on any atom is 0.417 e. The second kappa shape index (κ2) is 5.67. The molecule has 1 aromatic carbocycles. The van der Waals surface area contributed by atoms with Crippen LogP contribution in [0.2, 0.25) is 0 Å². The number of ether oxygens (including phenoxy) is 1. The van der Waals surface area contributed by atoms with Crippen LogP contribution in [-0.2, 0) is 19.9 Å². The van der Waals surface area contributed by atoms with Gasteiger partial charge in [0.15, 0.2) is 0 Å². The molecule has 0 aromatic heterocycles. The maximum absolute atomic E-state index is 12.7. The van der Waals surface area contributed by atoms with Crippen LogP contribution in [0.3, 0.4) is 0 Å². The summed E-state index contributed by atoms with van der Waals surface area (Å²) in [5.41, 5.74) is -2.38. The van der Waals surface area contributed by atoms with Crippen molar-refractivity contribution in [3.05, 3.63) is 39.9 Å². The number of nitrogens with zero attached hydrogens (tertiary/aromatic N) is 1. The van der Waals surface area contributed by atoms with Gasteiger partial charge in [0.2, 0.25) is 5.60 Å². The minimum absolute atomic E-state index is 0.0649. The highest BCUT2D eigenvalue weighted by molar-refractivity contribution is 9.10. The lowest BCUT2D eigenvalue weighted by molar-refractivity contribution is -0.136. The summed E-state index contributed by atoms with van der Waals surface area (Å²) in [6, 6.07) is 4.86. The maximum atomic E-state index is 12.7. The van der Waals surface area contributed by atoms with E-state index in [2.05, 4.69) is 21.2 Å². The van der Waals surface area contributed by atoms with Gasteiger partial charge in [-0.2, -0.15) is 0 Å². The second-order valence-corrected chi connectivity index (χ2v) is 7.78. The molecule has 132 valence electrons. The van der Waals surface area contributed by atoms with Crippen LogP contribution in [0, 0.1) is 0 Å². The molecule has 0 fully saturated rings. The van der Waals surface area contributed by atoms with E-state index in [-0.39, 0.29) is 17.7 Å². The first-order chi connectivity index (χ1) is 11.5. The van der Waals surface area contributed by atoms with Gasteiger partial charge < -0.3 is 15.2 Å². The van der Waals surface area contributed by atoms with Gasteiger partial charge in [0.25, 0.3) is 11.8 Å². The Labute approximate surface area is 152 Å². The zero-order chi connectivity index (χ0) is 18.6. The van der Waals surface area contributed by atoms with Crippen molar-refractivity contribution in [3.63, 3.8) is 0 Å². The molecule has 0 saturated heterocycles. The third-order valence-electron chi connectivity index (χ3n) is 3.91. The van der Waals surface area contributed by atoms with Crippen molar-refractivity contribution in [2.24, 2.45) is 0 Å². The van der Waals surface area contributed by atoms with E-state index in [4.69, 9.17) is 4.74 Å². The Morgan fingerprint density at radius 3 is 2.68 bits per heavy atom. The van der Waals surface area contributed by atoms with E-state index >= 15 is 0 Å². The summed E-state index contributed by atoms with van der Waals surface area (Å²) >= 11 is 3.29. The topological polar surface area (TPSA) is 95.9 Å². The number of rotatable bonds is 1. The number of aliphatic hydroxyl groups is 1. The molecule has 2 aliphatic heterocycles. The number of nitrogens with one attached hydrogen (secondary N) is 1. The van der Waals surface area contributed by atoms with Gasteiger partial charge in [-0.05, 0) is 32.9 Å². The number of fused-ring (bicyclic) bond motifs is 1. The Morgan fingerprint density at radius 2 is 2.04 bits per heavy atom. The molecule has 3 rings (SSSR count). The van der Waals surface area contributed by atoms with E-state index in [0.29, 0.717) is 5.69 Å². The lowest BCUT2D eigenvalue weighted by Gasteiger charge is -2.25. The number of imide groups is 1. The average molecular weight is 409 g/mol. The first-order valence-corrected chi connectivity index (χ1v) is 8.42. The molecule has 3 amide bonds. The molecular formula is C17H17BrN2O5. The molecular weight excluding hydrogens is 392 g/mol. The molecule has 1 unspecified atom stereocenters. The van der Waals surface area contributed by atoms with E-state index in [1.54, 1.807) is 39.0 Å². The predicted molar refractivity (Wildman–Crippen MR) is 92.7 cm³/mol. The SMILES string of the molecule is CC(C)(C)OC(=O)N1CC=C(C2(O)C(=O)Nc3cc(Br)ccc32)C1=O. The van der Waals surface area contributed by atoms with Crippen molar-refractivity contribution in [1.82, 2.24) is 4.90 Å². The molecule has 1 aromatic rings. The summed E-state index contributed by atoms with van der Waals surface area (Å²) in [7, 11) is 0. The highest BCUT2D eigenvalue weighted by atomic mass is 79.9. The van der Waals surface area contributed by atoms with E-state index in [9.17, 15) is 19.5 Å². The lowest BCUT2D eigenvalue weighted by Crippen LogP contribution is -2.44. The Bertz CT molecular complexity index is 827. The summed E-state index contributed by atoms with van der Waals surface area (Å²) in [6.07, 6.45) is 0.560. The molecule has 25 heavy (non-hydrogen) atoms. The van der Waals surface area contributed by atoms with E-state index in [1.807, 2.05) is 0 Å². The van der Waals surface area contributed by atoms with Crippen molar-refractivity contribution in [3.8, 4) is 0 Å². The molecule has 1 atom stereocenters. The lowest BCUT2D eigenvalue weighted by atomic mass is 9.87. The quantitative estimate of drug-likeness (QED) is 0.742. The highest BCUT2D eigenvalue weighted by Crippen LogP contribution is 2.43. The molecule has 7 nitrogen and oxygen atoms in total. The second-order valence-electron chi connectivity index (χ2n) is 6.87. The van der Waals surface area contributed by atoms with Gasteiger partial charge in [-0.1, -0.05) is 28.1 Å². The first kappa shape index (κ1) is 17.6. The molecule has 2 N–H and O–H groups in total. The smallest absolute Gasteiger partial charge is 0.417 e. The number of amides is 3. The van der Waals surface area contributed by atoms with Gasteiger partial charge >= 0.3 is 6.09 Å². The first-order valence-electron chi connectivity index (χ1n) is 7.63. The van der Waals surface area contributed by atoms with Crippen LogP contribution in [0.15, 0.2) is 34.3 Å². The number of anilines is 1. The van der Waals surface area contributed by atoms with Gasteiger partial charge in [0.05, 0.1) is 12.1 Å². The minimum Gasteiger partial charge on any atom is -0.443 e. The zero-order valence-electron chi connectivity index (χ0n) is 13.9. The number of hydrogen-bond donors (Lipinski definition) is 2. The number of hydrogen-bond acceptors (Lipinski definition) is 5. The minimum atomic E-state index is -2.14. The summed E-state index contributed by atoms with van der Waals surface area (Å²) in [5.74, 6) is -1.48. The van der Waals surface area contributed by atoms with Gasteiger partial charge in [-0.25, -0.2) is 9.69 Å². The molecule has 2 heterocycles. The third kappa shape index (κ3) is 2.85. The van der Waals surface area contributed by atoms with Crippen molar-refractivity contribution in [1.29, 1.82) is 0 Å². The number of benzene rings is 1. The fraction of sp³-hybridized carbons (Fsp3) is 0.353. The zero-order valence-corrected chi connectivity index (χ0v) is 15.5. The van der Waals surface area contributed by atoms with Gasteiger partial charge in [-0.15, -0.1) is 0 Å². The van der Waals surface area contributed by atoms with Crippen molar-refractivity contribution < 1.29 is 24.2 Å². The summed E-state index contributed by atoms with van der Waals surface area (Å²) < 4.78 is 5.91. The standard InChI is InChI=1S/C17H17BrN2O5/c1-16(2,3)25-15(23)20-7-6-11(13(20)21)17(24)10-5-4-9(18)8-12(10)19-14(17)22/h4-6,8,24H,7H2,1-3H3,(H,19,22). The van der Waals surface area contributed by atoms with Crippen molar-refractivity contribution >= 4 is 39.5 Å². The normalized spacial score (nSPS) is 22.6. The van der Waals surface area contributed by atoms with Crippen LogP contribution in [0.1, 0.15) is 26.3 Å². The van der Waals surface area contributed by atoms with E-state index in [1.165, 1.54) is 6.08 Å². The molecule has 0 saturated carbocycles. The van der Waals surface area contributed by atoms with E-state index < -0.39 is 29.1 Å². The monoisotopic (exact) mass is 408 g/mol. The van der Waals surface area contributed by atoms with Gasteiger partial charge in [-0.3, -0.25) is 9.59 Å². The largest absolute Gasteiger partial charge is 0.443 e. The van der Waals surface area contributed by atoms with Crippen LogP contribution < -0.4 is 5.32 Å². The molecule has 0 spiro atoms. The fourth-order valence-electron chi connectivity index (χ4n) is 2.81. The summed E-state index contributed by atoms with van der Waals surface area (Å²) in [5, 5.41) is 13.6.